The van der Waals surface area contributed by atoms with Crippen LogP contribution in [0.1, 0.15) is 36.7 Å². The number of aliphatic hydroxyl groups is 1. The molecule has 0 radical (unpaired) electrons. The largest absolute Gasteiger partial charge is 0.393 e. The maximum Gasteiger partial charge on any atom is 0.127 e. The van der Waals surface area contributed by atoms with Crippen LogP contribution in [-0.2, 0) is 13.0 Å². The highest BCUT2D eigenvalue weighted by molar-refractivity contribution is 9.10. The molecule has 4 heteroatoms. The van der Waals surface area contributed by atoms with Gasteiger partial charge in [-0.2, -0.15) is 0 Å². The smallest absolute Gasteiger partial charge is 0.127 e. The van der Waals surface area contributed by atoms with Gasteiger partial charge in [0, 0.05) is 18.9 Å². The number of hydrogen-bond donors (Lipinski definition) is 1. The monoisotopic (exact) mass is 256 g/mol. The SMILES string of the molecule is OC1CCn2c(C3CC3)nc(Br)c2C1. The molecule has 3 nitrogen and oxygen atoms in total. The summed E-state index contributed by atoms with van der Waals surface area (Å²) < 4.78 is 3.24. The van der Waals surface area contributed by atoms with Crippen LogP contribution >= 0.6 is 15.9 Å². The van der Waals surface area contributed by atoms with Crippen LogP contribution < -0.4 is 0 Å². The minimum atomic E-state index is -0.178. The molecule has 1 aromatic rings. The van der Waals surface area contributed by atoms with Crippen LogP contribution in [-0.4, -0.2) is 20.8 Å². The van der Waals surface area contributed by atoms with E-state index in [-0.39, 0.29) is 6.10 Å². The molecule has 1 unspecified atom stereocenters. The van der Waals surface area contributed by atoms with Gasteiger partial charge in [0.15, 0.2) is 0 Å². The van der Waals surface area contributed by atoms with Crippen molar-refractivity contribution in [3.63, 3.8) is 0 Å². The fourth-order valence-corrected chi connectivity index (χ4v) is 2.73. The van der Waals surface area contributed by atoms with Crippen molar-refractivity contribution in [2.24, 2.45) is 0 Å². The number of rotatable bonds is 1. The van der Waals surface area contributed by atoms with Gasteiger partial charge in [-0.05, 0) is 35.2 Å². The molecule has 2 heterocycles. The van der Waals surface area contributed by atoms with Crippen molar-refractivity contribution >= 4 is 15.9 Å². The zero-order chi connectivity index (χ0) is 9.71. The van der Waals surface area contributed by atoms with Crippen LogP contribution in [0.25, 0.3) is 0 Å². The maximum absolute atomic E-state index is 9.58. The quantitative estimate of drug-likeness (QED) is 0.833. The first-order valence-corrected chi connectivity index (χ1v) is 5.98. The molecular weight excluding hydrogens is 244 g/mol. The van der Waals surface area contributed by atoms with Crippen LogP contribution in [0.3, 0.4) is 0 Å². The normalized spacial score (nSPS) is 26.3. The second-order valence-corrected chi connectivity index (χ2v) is 5.03. The fraction of sp³-hybridized carbons (Fsp3) is 0.700. The predicted molar refractivity (Wildman–Crippen MR) is 56.2 cm³/mol. The highest BCUT2D eigenvalue weighted by Gasteiger charge is 2.32. The van der Waals surface area contributed by atoms with Gasteiger partial charge in [-0.15, -0.1) is 0 Å². The lowest BCUT2D eigenvalue weighted by Crippen LogP contribution is -2.23. The van der Waals surface area contributed by atoms with Crippen molar-refractivity contribution in [3.05, 3.63) is 16.1 Å². The Hall–Kier alpha value is -0.350. The molecule has 14 heavy (non-hydrogen) atoms. The van der Waals surface area contributed by atoms with Gasteiger partial charge in [0.2, 0.25) is 0 Å². The van der Waals surface area contributed by atoms with Crippen molar-refractivity contribution in [1.29, 1.82) is 0 Å². The molecule has 1 atom stereocenters. The average molecular weight is 257 g/mol. The molecule has 1 saturated carbocycles. The molecule has 0 aromatic carbocycles. The minimum absolute atomic E-state index is 0.178. The summed E-state index contributed by atoms with van der Waals surface area (Å²) in [5.74, 6) is 1.93. The summed E-state index contributed by atoms with van der Waals surface area (Å²) in [6.07, 6.45) is 4.01. The fourth-order valence-electron chi connectivity index (χ4n) is 2.18. The molecule has 3 rings (SSSR count). The van der Waals surface area contributed by atoms with E-state index >= 15 is 0 Å². The van der Waals surface area contributed by atoms with Crippen LogP contribution in [0.4, 0.5) is 0 Å². The van der Waals surface area contributed by atoms with Gasteiger partial charge < -0.3 is 9.67 Å². The third kappa shape index (κ3) is 1.32. The second kappa shape index (κ2) is 3.07. The lowest BCUT2D eigenvalue weighted by atomic mass is 10.1. The Balaban J connectivity index is 2.04. The van der Waals surface area contributed by atoms with Crippen LogP contribution in [0.15, 0.2) is 4.60 Å². The molecule has 1 aliphatic carbocycles. The van der Waals surface area contributed by atoms with E-state index in [9.17, 15) is 5.11 Å². The van der Waals surface area contributed by atoms with Crippen molar-refractivity contribution in [1.82, 2.24) is 9.55 Å². The Morgan fingerprint density at radius 2 is 2.14 bits per heavy atom. The molecule has 1 aliphatic heterocycles. The van der Waals surface area contributed by atoms with Crippen molar-refractivity contribution in [2.45, 2.75) is 44.2 Å². The Labute approximate surface area is 91.3 Å². The summed E-state index contributed by atoms with van der Waals surface area (Å²) in [4.78, 5) is 4.56. The van der Waals surface area contributed by atoms with Gasteiger partial charge in [-0.3, -0.25) is 0 Å². The predicted octanol–water partition coefficient (Wildman–Crippen LogP) is 1.83. The van der Waals surface area contributed by atoms with Crippen molar-refractivity contribution < 1.29 is 5.11 Å². The second-order valence-electron chi connectivity index (χ2n) is 4.28. The summed E-state index contributed by atoms with van der Waals surface area (Å²) >= 11 is 3.48. The molecule has 0 amide bonds. The van der Waals surface area contributed by atoms with E-state index in [0.29, 0.717) is 5.92 Å². The van der Waals surface area contributed by atoms with Gasteiger partial charge in [0.25, 0.3) is 0 Å². The lowest BCUT2D eigenvalue weighted by Gasteiger charge is -2.21. The summed E-state index contributed by atoms with van der Waals surface area (Å²) in [7, 11) is 0. The molecule has 1 N–H and O–H groups in total. The number of hydrogen-bond acceptors (Lipinski definition) is 2. The standard InChI is InChI=1S/C10H13BrN2O/c11-9-8-5-7(14)3-4-13(8)10(12-9)6-1-2-6/h6-7,14H,1-5H2. The first-order valence-electron chi connectivity index (χ1n) is 5.18. The molecular formula is C10H13BrN2O. The number of aromatic nitrogens is 2. The third-order valence-corrected chi connectivity index (χ3v) is 3.75. The van der Waals surface area contributed by atoms with Gasteiger partial charge in [-0.1, -0.05) is 0 Å². The zero-order valence-electron chi connectivity index (χ0n) is 7.91. The minimum Gasteiger partial charge on any atom is -0.393 e. The van der Waals surface area contributed by atoms with Crippen LogP contribution in [0, 0.1) is 0 Å². The van der Waals surface area contributed by atoms with E-state index in [1.165, 1.54) is 24.4 Å². The molecule has 0 bridgehead atoms. The number of imidazole rings is 1. The Kier molecular flexibility index (Phi) is 1.96. The molecule has 1 aromatic heterocycles. The van der Waals surface area contributed by atoms with Crippen LogP contribution in [0.5, 0.6) is 0 Å². The van der Waals surface area contributed by atoms with Gasteiger partial charge in [0.05, 0.1) is 11.8 Å². The van der Waals surface area contributed by atoms with E-state index < -0.39 is 0 Å². The number of nitrogens with zero attached hydrogens (tertiary/aromatic N) is 2. The van der Waals surface area contributed by atoms with Gasteiger partial charge >= 0.3 is 0 Å². The molecule has 0 saturated heterocycles. The first-order chi connectivity index (χ1) is 6.75. The summed E-state index contributed by atoms with van der Waals surface area (Å²) in [6, 6.07) is 0. The molecule has 76 valence electrons. The summed E-state index contributed by atoms with van der Waals surface area (Å²) in [5.41, 5.74) is 1.19. The Morgan fingerprint density at radius 1 is 1.36 bits per heavy atom. The van der Waals surface area contributed by atoms with Crippen molar-refractivity contribution in [2.75, 3.05) is 0 Å². The lowest BCUT2D eigenvalue weighted by molar-refractivity contribution is 0.142. The van der Waals surface area contributed by atoms with E-state index in [2.05, 4.69) is 25.5 Å². The van der Waals surface area contributed by atoms with E-state index in [1.54, 1.807) is 0 Å². The third-order valence-electron chi connectivity index (χ3n) is 3.11. The van der Waals surface area contributed by atoms with E-state index in [0.717, 1.165) is 24.0 Å². The topological polar surface area (TPSA) is 38.0 Å². The maximum atomic E-state index is 9.58. The molecule has 2 aliphatic rings. The van der Waals surface area contributed by atoms with E-state index in [4.69, 9.17) is 0 Å². The number of halogens is 1. The highest BCUT2D eigenvalue weighted by atomic mass is 79.9. The van der Waals surface area contributed by atoms with E-state index in [1.807, 2.05) is 0 Å². The van der Waals surface area contributed by atoms with Crippen molar-refractivity contribution in [3.8, 4) is 0 Å². The van der Waals surface area contributed by atoms with Crippen LogP contribution in [0.2, 0.25) is 0 Å². The highest BCUT2D eigenvalue weighted by Crippen LogP contribution is 2.41. The molecule has 0 spiro atoms. The zero-order valence-corrected chi connectivity index (χ0v) is 9.50. The summed E-state index contributed by atoms with van der Waals surface area (Å²) in [6.45, 7) is 0.931. The summed E-state index contributed by atoms with van der Waals surface area (Å²) in [5, 5.41) is 9.58. The number of aliphatic hydroxyl groups excluding tert-OH is 1. The Morgan fingerprint density at radius 3 is 2.86 bits per heavy atom. The van der Waals surface area contributed by atoms with Gasteiger partial charge in [-0.25, -0.2) is 4.98 Å². The van der Waals surface area contributed by atoms with Gasteiger partial charge in [0.1, 0.15) is 10.4 Å². The number of fused-ring (bicyclic) bond motifs is 1. The first kappa shape index (κ1) is 8.92. The average Bonchev–Trinajstić information content (AvgIpc) is 2.94. The molecule has 1 fully saturated rings. The Bertz CT molecular complexity index is 370.